The summed E-state index contributed by atoms with van der Waals surface area (Å²) in [5.41, 5.74) is 0.596. The molecule has 3 rings (SSSR count). The van der Waals surface area contributed by atoms with Crippen LogP contribution in [0.5, 0.6) is 5.75 Å². The number of benzene rings is 2. The predicted octanol–water partition coefficient (Wildman–Crippen LogP) is 5.89. The van der Waals surface area contributed by atoms with Crippen LogP contribution < -0.4 is 10.1 Å². The third-order valence-electron chi connectivity index (χ3n) is 5.64. The number of amides is 2. The van der Waals surface area contributed by atoms with Crippen LogP contribution in [-0.2, 0) is 16.1 Å². The minimum atomic E-state index is -0.668. The maximum absolute atomic E-state index is 13.3. The van der Waals surface area contributed by atoms with E-state index in [-0.39, 0.29) is 31.0 Å². The lowest BCUT2D eigenvalue weighted by Gasteiger charge is -2.32. The van der Waals surface area contributed by atoms with E-state index in [1.54, 1.807) is 42.5 Å². The highest BCUT2D eigenvalue weighted by Crippen LogP contribution is 2.27. The Kier molecular flexibility index (Phi) is 9.09. The van der Waals surface area contributed by atoms with Crippen molar-refractivity contribution in [1.82, 2.24) is 10.2 Å². The molecule has 1 atom stereocenters. The highest BCUT2D eigenvalue weighted by molar-refractivity contribution is 6.36. The molecule has 1 saturated carbocycles. The average molecular weight is 498 g/mol. The first-order valence-corrected chi connectivity index (χ1v) is 11.9. The first-order chi connectivity index (χ1) is 15.4. The van der Waals surface area contributed by atoms with Crippen molar-refractivity contribution in [3.8, 4) is 5.75 Å². The molecule has 0 radical (unpaired) electrons. The molecule has 1 fully saturated rings. The van der Waals surface area contributed by atoms with Crippen LogP contribution in [0.4, 0.5) is 0 Å². The molecule has 2 aromatic rings. The van der Waals surface area contributed by atoms with E-state index < -0.39 is 6.04 Å². The van der Waals surface area contributed by atoms with Crippen molar-refractivity contribution in [2.24, 2.45) is 0 Å². The number of hydrogen-bond donors (Lipinski definition) is 1. The summed E-state index contributed by atoms with van der Waals surface area (Å²) in [6, 6.07) is 11.5. The second-order valence-electron chi connectivity index (χ2n) is 7.88. The van der Waals surface area contributed by atoms with Gasteiger partial charge in [-0.3, -0.25) is 9.59 Å². The lowest BCUT2D eigenvalue weighted by atomic mass is 10.1. The monoisotopic (exact) mass is 496 g/mol. The molecule has 172 valence electrons. The largest absolute Gasteiger partial charge is 0.484 e. The van der Waals surface area contributed by atoms with Crippen molar-refractivity contribution < 1.29 is 14.3 Å². The molecule has 2 aromatic carbocycles. The summed E-state index contributed by atoms with van der Waals surface area (Å²) in [6.45, 7) is 1.74. The quantitative estimate of drug-likeness (QED) is 0.470. The summed E-state index contributed by atoms with van der Waals surface area (Å²) in [4.78, 5) is 27.9. The zero-order chi connectivity index (χ0) is 23.1. The van der Waals surface area contributed by atoms with Gasteiger partial charge in [0.15, 0.2) is 6.61 Å². The molecule has 5 nitrogen and oxygen atoms in total. The van der Waals surface area contributed by atoms with Crippen molar-refractivity contribution in [3.05, 3.63) is 63.1 Å². The molecule has 1 aliphatic carbocycles. The van der Waals surface area contributed by atoms with E-state index in [0.29, 0.717) is 32.8 Å². The summed E-state index contributed by atoms with van der Waals surface area (Å²) in [5, 5.41) is 4.50. The molecular formula is C24H27Cl3N2O3. The molecule has 0 heterocycles. The number of nitrogens with zero attached hydrogens (tertiary/aromatic N) is 1. The van der Waals surface area contributed by atoms with Gasteiger partial charge < -0.3 is 15.0 Å². The van der Waals surface area contributed by atoms with E-state index in [4.69, 9.17) is 39.5 Å². The van der Waals surface area contributed by atoms with Crippen molar-refractivity contribution in [2.45, 2.75) is 57.7 Å². The zero-order valence-corrected chi connectivity index (χ0v) is 20.2. The molecule has 0 aliphatic heterocycles. The van der Waals surface area contributed by atoms with Crippen LogP contribution in [0.25, 0.3) is 0 Å². The summed E-state index contributed by atoms with van der Waals surface area (Å²) in [6.07, 6.45) is 4.58. The van der Waals surface area contributed by atoms with Gasteiger partial charge in [-0.05, 0) is 49.6 Å². The Morgan fingerprint density at radius 1 is 1.09 bits per heavy atom. The lowest BCUT2D eigenvalue weighted by molar-refractivity contribution is -0.143. The van der Waals surface area contributed by atoms with E-state index in [1.807, 2.05) is 6.92 Å². The second kappa shape index (κ2) is 11.8. The molecule has 0 spiro atoms. The van der Waals surface area contributed by atoms with Gasteiger partial charge in [0.2, 0.25) is 5.91 Å². The van der Waals surface area contributed by atoms with Gasteiger partial charge in [0.25, 0.3) is 5.91 Å². The molecule has 0 bridgehead atoms. The van der Waals surface area contributed by atoms with Crippen molar-refractivity contribution in [3.63, 3.8) is 0 Å². The van der Waals surface area contributed by atoms with E-state index in [1.165, 1.54) is 4.90 Å². The fraction of sp³-hybridized carbons (Fsp3) is 0.417. The van der Waals surface area contributed by atoms with Crippen molar-refractivity contribution in [2.75, 3.05) is 6.61 Å². The summed E-state index contributed by atoms with van der Waals surface area (Å²) >= 11 is 18.7. The molecule has 0 unspecified atom stereocenters. The lowest BCUT2D eigenvalue weighted by Crippen LogP contribution is -2.52. The van der Waals surface area contributed by atoms with Crippen LogP contribution >= 0.6 is 34.8 Å². The zero-order valence-electron chi connectivity index (χ0n) is 18.0. The molecule has 1 aliphatic rings. The minimum Gasteiger partial charge on any atom is -0.484 e. The van der Waals surface area contributed by atoms with Crippen LogP contribution in [0.2, 0.25) is 15.1 Å². The van der Waals surface area contributed by atoms with Crippen LogP contribution in [0.1, 0.15) is 44.6 Å². The van der Waals surface area contributed by atoms with Gasteiger partial charge in [-0.2, -0.15) is 0 Å². The Morgan fingerprint density at radius 3 is 2.38 bits per heavy atom. The van der Waals surface area contributed by atoms with Crippen LogP contribution in [0.15, 0.2) is 42.5 Å². The molecular weight excluding hydrogens is 471 g/mol. The summed E-state index contributed by atoms with van der Waals surface area (Å²) < 4.78 is 5.66. The third-order valence-corrected chi connectivity index (χ3v) is 6.58. The molecule has 0 saturated heterocycles. The maximum atomic E-state index is 13.3. The van der Waals surface area contributed by atoms with Gasteiger partial charge >= 0.3 is 0 Å². The SMILES string of the molecule is CC[C@@H](C(=O)NC1CCCC1)N(Cc1c(Cl)cccc1Cl)C(=O)COc1cccc(Cl)c1. The maximum Gasteiger partial charge on any atom is 0.261 e. The fourth-order valence-electron chi connectivity index (χ4n) is 3.93. The van der Waals surface area contributed by atoms with Crippen LogP contribution in [0.3, 0.4) is 0 Å². The predicted molar refractivity (Wildman–Crippen MR) is 128 cm³/mol. The number of hydrogen-bond acceptors (Lipinski definition) is 3. The molecule has 32 heavy (non-hydrogen) atoms. The number of carbonyl (C=O) groups excluding carboxylic acids is 2. The van der Waals surface area contributed by atoms with Gasteiger partial charge in [0, 0.05) is 33.2 Å². The third kappa shape index (κ3) is 6.53. The van der Waals surface area contributed by atoms with E-state index >= 15 is 0 Å². The Labute approximate surface area is 204 Å². The smallest absolute Gasteiger partial charge is 0.261 e. The van der Waals surface area contributed by atoms with Gasteiger partial charge in [0.05, 0.1) is 0 Å². The summed E-state index contributed by atoms with van der Waals surface area (Å²) in [5.74, 6) is -0.0295. The van der Waals surface area contributed by atoms with Crippen molar-refractivity contribution >= 4 is 46.6 Å². The number of rotatable bonds is 9. The van der Waals surface area contributed by atoms with Gasteiger partial charge in [0.1, 0.15) is 11.8 Å². The van der Waals surface area contributed by atoms with Crippen molar-refractivity contribution in [1.29, 1.82) is 0 Å². The minimum absolute atomic E-state index is 0.104. The highest BCUT2D eigenvalue weighted by Gasteiger charge is 2.31. The van der Waals surface area contributed by atoms with Crippen LogP contribution in [0, 0.1) is 0 Å². The van der Waals surface area contributed by atoms with Gasteiger partial charge in [-0.15, -0.1) is 0 Å². The van der Waals surface area contributed by atoms with Crippen LogP contribution in [-0.4, -0.2) is 35.4 Å². The number of halogens is 3. The first kappa shape index (κ1) is 24.7. The van der Waals surface area contributed by atoms with Gasteiger partial charge in [-0.1, -0.05) is 66.7 Å². The van der Waals surface area contributed by atoms with E-state index in [0.717, 1.165) is 25.7 Å². The standard InChI is InChI=1S/C24H27Cl3N2O3/c1-2-22(24(31)28-17-8-3-4-9-17)29(14-19-20(26)11-6-12-21(19)27)23(30)15-32-18-10-5-7-16(25)13-18/h5-7,10-13,17,22H,2-4,8-9,14-15H2,1H3,(H,28,31)/t22-/m0/s1. The Morgan fingerprint density at radius 2 is 1.75 bits per heavy atom. The van der Waals surface area contributed by atoms with E-state index in [9.17, 15) is 9.59 Å². The van der Waals surface area contributed by atoms with Gasteiger partial charge in [-0.25, -0.2) is 0 Å². The first-order valence-electron chi connectivity index (χ1n) is 10.8. The molecule has 8 heteroatoms. The molecule has 0 aromatic heterocycles. The van der Waals surface area contributed by atoms with E-state index in [2.05, 4.69) is 5.32 Å². The topological polar surface area (TPSA) is 58.6 Å². The summed E-state index contributed by atoms with van der Waals surface area (Å²) in [7, 11) is 0. The normalized spacial score (nSPS) is 14.8. The second-order valence-corrected chi connectivity index (χ2v) is 9.13. The average Bonchev–Trinajstić information content (AvgIpc) is 3.27. The Hall–Kier alpha value is -1.95. The Bertz CT molecular complexity index is 928. The number of nitrogens with one attached hydrogen (secondary N) is 1. The fourth-order valence-corrected chi connectivity index (χ4v) is 4.62. The number of carbonyl (C=O) groups is 2. The Balaban J connectivity index is 1.81. The highest BCUT2D eigenvalue weighted by atomic mass is 35.5. The molecule has 2 amide bonds. The number of ether oxygens (including phenoxy) is 1. The molecule has 1 N–H and O–H groups in total.